The molecule has 0 atom stereocenters. The SMILES string of the molecule is O=C1CCc2cc(F)c(NCc3ccc(O)cn3)cc2N1. The minimum absolute atomic E-state index is 0.0553. The van der Waals surface area contributed by atoms with Crippen LogP contribution in [0, 0.1) is 5.82 Å². The summed E-state index contributed by atoms with van der Waals surface area (Å²) in [5.74, 6) is -0.328. The van der Waals surface area contributed by atoms with Gasteiger partial charge in [0.1, 0.15) is 11.6 Å². The van der Waals surface area contributed by atoms with E-state index in [0.29, 0.717) is 36.5 Å². The number of carbonyl (C=O) groups excluding carboxylic acids is 1. The molecule has 0 saturated carbocycles. The molecule has 1 aromatic carbocycles. The molecule has 1 aliphatic rings. The second-order valence-electron chi connectivity index (χ2n) is 4.90. The predicted molar refractivity (Wildman–Crippen MR) is 76.6 cm³/mol. The highest BCUT2D eigenvalue weighted by Gasteiger charge is 2.17. The summed E-state index contributed by atoms with van der Waals surface area (Å²) in [7, 11) is 0. The first kappa shape index (κ1) is 13.4. The highest BCUT2D eigenvalue weighted by molar-refractivity contribution is 5.94. The van der Waals surface area contributed by atoms with E-state index >= 15 is 0 Å². The van der Waals surface area contributed by atoms with Crippen molar-refractivity contribution in [2.75, 3.05) is 10.6 Å². The number of hydrogen-bond acceptors (Lipinski definition) is 4. The molecule has 0 saturated heterocycles. The number of anilines is 2. The van der Waals surface area contributed by atoms with E-state index in [1.807, 2.05) is 0 Å². The van der Waals surface area contributed by atoms with E-state index in [-0.39, 0.29) is 17.5 Å². The lowest BCUT2D eigenvalue weighted by atomic mass is 10.0. The maximum absolute atomic E-state index is 14.0. The Hall–Kier alpha value is -2.63. The fourth-order valence-corrected chi connectivity index (χ4v) is 2.24. The Morgan fingerprint density at radius 3 is 2.95 bits per heavy atom. The van der Waals surface area contributed by atoms with Crippen LogP contribution in [0.1, 0.15) is 17.7 Å². The smallest absolute Gasteiger partial charge is 0.224 e. The lowest BCUT2D eigenvalue weighted by Gasteiger charge is -2.18. The number of aromatic hydroxyl groups is 1. The lowest BCUT2D eigenvalue weighted by Crippen LogP contribution is -2.19. The summed E-state index contributed by atoms with van der Waals surface area (Å²) in [6, 6.07) is 6.22. The van der Waals surface area contributed by atoms with Gasteiger partial charge in [0.25, 0.3) is 0 Å². The topological polar surface area (TPSA) is 74.2 Å². The normalized spacial score (nSPS) is 13.5. The quantitative estimate of drug-likeness (QED) is 0.810. The van der Waals surface area contributed by atoms with Crippen molar-refractivity contribution in [3.63, 3.8) is 0 Å². The van der Waals surface area contributed by atoms with Crippen molar-refractivity contribution in [2.45, 2.75) is 19.4 Å². The molecule has 0 aliphatic carbocycles. The molecule has 2 aromatic rings. The number of nitrogens with one attached hydrogen (secondary N) is 2. The summed E-state index contributed by atoms with van der Waals surface area (Å²) in [4.78, 5) is 15.4. The van der Waals surface area contributed by atoms with E-state index in [0.717, 1.165) is 5.56 Å². The summed E-state index contributed by atoms with van der Waals surface area (Å²) in [6.07, 6.45) is 2.27. The Labute approximate surface area is 120 Å². The molecule has 0 unspecified atom stereocenters. The second kappa shape index (κ2) is 5.40. The van der Waals surface area contributed by atoms with Crippen LogP contribution in [0.25, 0.3) is 0 Å². The van der Waals surface area contributed by atoms with Crippen LogP contribution >= 0.6 is 0 Å². The van der Waals surface area contributed by atoms with Crippen LogP contribution < -0.4 is 10.6 Å². The van der Waals surface area contributed by atoms with E-state index in [4.69, 9.17) is 5.11 Å². The maximum atomic E-state index is 14.0. The third-order valence-electron chi connectivity index (χ3n) is 3.36. The Kier molecular flexibility index (Phi) is 3.43. The van der Waals surface area contributed by atoms with Gasteiger partial charge in [-0.25, -0.2) is 4.39 Å². The van der Waals surface area contributed by atoms with Gasteiger partial charge in [-0.1, -0.05) is 0 Å². The summed E-state index contributed by atoms with van der Waals surface area (Å²) >= 11 is 0. The van der Waals surface area contributed by atoms with Crippen molar-refractivity contribution in [3.8, 4) is 5.75 Å². The maximum Gasteiger partial charge on any atom is 0.224 e. The standard InChI is InChI=1S/C15H14FN3O2/c16-12-5-9-1-4-15(21)19-13(9)6-14(12)18-7-10-2-3-11(20)8-17-10/h2-3,5-6,8,18,20H,1,4,7H2,(H,19,21). The minimum atomic E-state index is -0.358. The number of aromatic nitrogens is 1. The summed E-state index contributed by atoms with van der Waals surface area (Å²) < 4.78 is 14.0. The highest BCUT2D eigenvalue weighted by atomic mass is 19.1. The molecule has 3 rings (SSSR count). The van der Waals surface area contributed by atoms with Crippen LogP contribution in [0.2, 0.25) is 0 Å². The number of aryl methyl sites for hydroxylation is 1. The Bertz CT molecular complexity index is 686. The Morgan fingerprint density at radius 2 is 2.19 bits per heavy atom. The molecule has 5 nitrogen and oxygen atoms in total. The Balaban J connectivity index is 1.77. The van der Waals surface area contributed by atoms with Gasteiger partial charge in [-0.2, -0.15) is 0 Å². The number of amides is 1. The summed E-state index contributed by atoms with van der Waals surface area (Å²) in [5.41, 5.74) is 2.44. The van der Waals surface area contributed by atoms with Crippen LogP contribution in [-0.2, 0) is 17.8 Å². The molecule has 21 heavy (non-hydrogen) atoms. The van der Waals surface area contributed by atoms with Crippen LogP contribution in [-0.4, -0.2) is 16.0 Å². The van der Waals surface area contributed by atoms with Crippen molar-refractivity contribution < 1.29 is 14.3 Å². The van der Waals surface area contributed by atoms with Gasteiger partial charge in [0, 0.05) is 12.1 Å². The molecule has 0 bridgehead atoms. The molecule has 2 heterocycles. The summed E-state index contributed by atoms with van der Waals surface area (Å²) in [6.45, 7) is 0.323. The van der Waals surface area contributed by atoms with Crippen LogP contribution in [0.5, 0.6) is 5.75 Å². The molecule has 1 aromatic heterocycles. The first-order chi connectivity index (χ1) is 10.1. The van der Waals surface area contributed by atoms with Gasteiger partial charge in [-0.05, 0) is 36.2 Å². The Morgan fingerprint density at radius 1 is 1.33 bits per heavy atom. The van der Waals surface area contributed by atoms with Crippen molar-refractivity contribution in [3.05, 3.63) is 47.5 Å². The van der Waals surface area contributed by atoms with Gasteiger partial charge >= 0.3 is 0 Å². The second-order valence-corrected chi connectivity index (χ2v) is 4.90. The molecule has 3 N–H and O–H groups in total. The number of carbonyl (C=O) groups is 1. The first-order valence-electron chi connectivity index (χ1n) is 6.62. The average molecular weight is 287 g/mol. The molecular formula is C15H14FN3O2. The van der Waals surface area contributed by atoms with Gasteiger partial charge in [0.15, 0.2) is 0 Å². The van der Waals surface area contributed by atoms with Gasteiger partial charge in [-0.3, -0.25) is 9.78 Å². The first-order valence-corrected chi connectivity index (χ1v) is 6.62. The van der Waals surface area contributed by atoms with Crippen molar-refractivity contribution >= 4 is 17.3 Å². The fourth-order valence-electron chi connectivity index (χ4n) is 2.24. The van der Waals surface area contributed by atoms with E-state index in [1.54, 1.807) is 12.1 Å². The van der Waals surface area contributed by atoms with Gasteiger partial charge in [0.05, 0.1) is 24.1 Å². The fraction of sp³-hybridized carbons (Fsp3) is 0.200. The molecule has 0 radical (unpaired) electrons. The number of rotatable bonds is 3. The molecule has 0 spiro atoms. The largest absolute Gasteiger partial charge is 0.506 e. The highest BCUT2D eigenvalue weighted by Crippen LogP contribution is 2.28. The number of halogens is 1. The van der Waals surface area contributed by atoms with E-state index < -0.39 is 0 Å². The number of fused-ring (bicyclic) bond motifs is 1. The van der Waals surface area contributed by atoms with Crippen LogP contribution in [0.15, 0.2) is 30.5 Å². The lowest BCUT2D eigenvalue weighted by molar-refractivity contribution is -0.116. The predicted octanol–water partition coefficient (Wildman–Crippen LogP) is 2.42. The zero-order chi connectivity index (χ0) is 14.8. The third kappa shape index (κ3) is 2.94. The van der Waals surface area contributed by atoms with Gasteiger partial charge in [0.2, 0.25) is 5.91 Å². The van der Waals surface area contributed by atoms with Crippen LogP contribution in [0.4, 0.5) is 15.8 Å². The van der Waals surface area contributed by atoms with Crippen molar-refractivity contribution in [2.24, 2.45) is 0 Å². The third-order valence-corrected chi connectivity index (χ3v) is 3.36. The molecule has 108 valence electrons. The molecule has 1 amide bonds. The summed E-state index contributed by atoms with van der Waals surface area (Å²) in [5, 5.41) is 14.8. The molecular weight excluding hydrogens is 273 g/mol. The molecule has 0 fully saturated rings. The van der Waals surface area contributed by atoms with E-state index in [1.165, 1.54) is 18.3 Å². The van der Waals surface area contributed by atoms with Gasteiger partial charge < -0.3 is 15.7 Å². The zero-order valence-corrected chi connectivity index (χ0v) is 11.2. The minimum Gasteiger partial charge on any atom is -0.506 e. The number of hydrogen-bond donors (Lipinski definition) is 3. The number of pyridine rings is 1. The average Bonchev–Trinajstić information content (AvgIpc) is 2.47. The molecule has 1 aliphatic heterocycles. The van der Waals surface area contributed by atoms with Crippen molar-refractivity contribution in [1.82, 2.24) is 4.98 Å². The van der Waals surface area contributed by atoms with Crippen molar-refractivity contribution in [1.29, 1.82) is 0 Å². The number of benzene rings is 1. The number of nitrogens with zero attached hydrogens (tertiary/aromatic N) is 1. The zero-order valence-electron chi connectivity index (χ0n) is 11.2. The monoisotopic (exact) mass is 287 g/mol. The van der Waals surface area contributed by atoms with E-state index in [2.05, 4.69) is 15.6 Å². The molecule has 6 heteroatoms. The van der Waals surface area contributed by atoms with Crippen LogP contribution in [0.3, 0.4) is 0 Å². The van der Waals surface area contributed by atoms with E-state index in [9.17, 15) is 9.18 Å². The van der Waals surface area contributed by atoms with Gasteiger partial charge in [-0.15, -0.1) is 0 Å².